The van der Waals surface area contributed by atoms with Crippen LogP contribution in [0.5, 0.6) is 5.75 Å². The summed E-state index contributed by atoms with van der Waals surface area (Å²) in [6.45, 7) is 1.99. The Morgan fingerprint density at radius 1 is 1.21 bits per heavy atom. The maximum absolute atomic E-state index is 14.1. The van der Waals surface area contributed by atoms with Gasteiger partial charge >= 0.3 is 5.97 Å². The topological polar surface area (TPSA) is 52.6 Å². The molecule has 7 heteroatoms. The molecule has 0 N–H and O–H groups in total. The molecule has 0 atom stereocenters. The van der Waals surface area contributed by atoms with Crippen molar-refractivity contribution in [1.29, 1.82) is 0 Å². The molecule has 2 aromatic rings. The third kappa shape index (κ3) is 4.61. The number of aldehydes is 1. The van der Waals surface area contributed by atoms with Gasteiger partial charge in [0.15, 0.2) is 23.7 Å². The molecule has 4 nitrogen and oxygen atoms in total. The largest absolute Gasteiger partial charge is 0.488 e. The Bertz CT molecular complexity index is 704. The summed E-state index contributed by atoms with van der Waals surface area (Å²) in [5, 5.41) is 1.65. The summed E-state index contributed by atoms with van der Waals surface area (Å²) < 4.78 is 38.0. The first kappa shape index (κ1) is 18.1. The lowest BCUT2D eigenvalue weighted by atomic mass is 10.1. The van der Waals surface area contributed by atoms with E-state index in [9.17, 15) is 18.4 Å². The van der Waals surface area contributed by atoms with Crippen molar-refractivity contribution in [3.8, 4) is 16.9 Å². The standard InChI is InChI=1S/C17H16F2O4S/c1-2-22-16(21)4-3-5-23-17-14(18)7-11(8-15(17)19)12-6-13(9-20)24-10-12/h6-10H,2-5H2,1H3. The summed E-state index contributed by atoms with van der Waals surface area (Å²) in [6, 6.07) is 3.87. The number of thiophene rings is 1. The molecule has 24 heavy (non-hydrogen) atoms. The molecule has 0 spiro atoms. The third-order valence-electron chi connectivity index (χ3n) is 3.14. The van der Waals surface area contributed by atoms with E-state index in [1.165, 1.54) is 11.3 Å². The molecular formula is C17H16F2O4S. The van der Waals surface area contributed by atoms with Crippen molar-refractivity contribution in [3.63, 3.8) is 0 Å². The predicted octanol–water partition coefficient (Wildman–Crippen LogP) is 4.23. The van der Waals surface area contributed by atoms with Crippen LogP contribution in [0.4, 0.5) is 8.78 Å². The maximum atomic E-state index is 14.1. The highest BCUT2D eigenvalue weighted by molar-refractivity contribution is 7.12. The van der Waals surface area contributed by atoms with Crippen molar-refractivity contribution in [1.82, 2.24) is 0 Å². The Morgan fingerprint density at radius 3 is 2.50 bits per heavy atom. The van der Waals surface area contributed by atoms with Crippen LogP contribution in [0, 0.1) is 11.6 Å². The van der Waals surface area contributed by atoms with Crippen LogP contribution < -0.4 is 4.74 Å². The van der Waals surface area contributed by atoms with E-state index in [2.05, 4.69) is 0 Å². The Balaban J connectivity index is 2.01. The molecule has 0 saturated heterocycles. The number of halogens is 2. The summed E-state index contributed by atoms with van der Waals surface area (Å²) in [6.07, 6.45) is 1.10. The molecule has 0 unspecified atom stereocenters. The Labute approximate surface area is 142 Å². The van der Waals surface area contributed by atoms with Crippen molar-refractivity contribution >= 4 is 23.6 Å². The number of hydrogen-bond acceptors (Lipinski definition) is 5. The van der Waals surface area contributed by atoms with Gasteiger partial charge in [0.1, 0.15) is 0 Å². The smallest absolute Gasteiger partial charge is 0.305 e. The lowest BCUT2D eigenvalue weighted by Crippen LogP contribution is -2.08. The average Bonchev–Trinajstić information content (AvgIpc) is 3.02. The van der Waals surface area contributed by atoms with E-state index in [1.807, 2.05) is 0 Å². The van der Waals surface area contributed by atoms with Crippen molar-refractivity contribution < 1.29 is 27.8 Å². The van der Waals surface area contributed by atoms with Crippen LogP contribution in [-0.4, -0.2) is 25.5 Å². The number of rotatable bonds is 8. The Hall–Kier alpha value is -2.28. The highest BCUT2D eigenvalue weighted by Gasteiger charge is 2.15. The fraction of sp³-hybridized carbons (Fsp3) is 0.294. The van der Waals surface area contributed by atoms with Crippen molar-refractivity contribution in [2.75, 3.05) is 13.2 Å². The van der Waals surface area contributed by atoms with E-state index in [0.717, 1.165) is 12.1 Å². The highest BCUT2D eigenvalue weighted by atomic mass is 32.1. The van der Waals surface area contributed by atoms with E-state index < -0.39 is 17.4 Å². The van der Waals surface area contributed by atoms with Gasteiger partial charge < -0.3 is 9.47 Å². The monoisotopic (exact) mass is 354 g/mol. The molecule has 2 rings (SSSR count). The lowest BCUT2D eigenvalue weighted by molar-refractivity contribution is -0.143. The van der Waals surface area contributed by atoms with Gasteiger partial charge in [0, 0.05) is 6.42 Å². The Kier molecular flexibility index (Phi) is 6.43. The molecular weight excluding hydrogens is 338 g/mol. The number of esters is 1. The van der Waals surface area contributed by atoms with Crippen LogP contribution in [0.1, 0.15) is 29.4 Å². The summed E-state index contributed by atoms with van der Waals surface area (Å²) >= 11 is 1.20. The summed E-state index contributed by atoms with van der Waals surface area (Å²) in [7, 11) is 0. The zero-order valence-electron chi connectivity index (χ0n) is 13.0. The Morgan fingerprint density at radius 2 is 1.92 bits per heavy atom. The predicted molar refractivity (Wildman–Crippen MR) is 86.4 cm³/mol. The second-order valence-corrected chi connectivity index (χ2v) is 5.82. The molecule has 0 amide bonds. The van der Waals surface area contributed by atoms with Crippen molar-refractivity contribution in [3.05, 3.63) is 40.1 Å². The minimum absolute atomic E-state index is 0.000256. The van der Waals surface area contributed by atoms with Crippen molar-refractivity contribution in [2.45, 2.75) is 19.8 Å². The molecule has 0 aliphatic carbocycles. The molecule has 1 heterocycles. The van der Waals surface area contributed by atoms with Crippen LogP contribution in [0.3, 0.4) is 0 Å². The second-order valence-electron chi connectivity index (χ2n) is 4.88. The van der Waals surface area contributed by atoms with E-state index >= 15 is 0 Å². The van der Waals surface area contributed by atoms with Gasteiger partial charge in [-0.25, -0.2) is 8.78 Å². The van der Waals surface area contributed by atoms with Crippen LogP contribution in [0.2, 0.25) is 0 Å². The third-order valence-corrected chi connectivity index (χ3v) is 4.00. The van der Waals surface area contributed by atoms with Gasteiger partial charge in [-0.1, -0.05) is 0 Å². The van der Waals surface area contributed by atoms with Crippen LogP contribution >= 0.6 is 11.3 Å². The number of carbonyl (C=O) groups excluding carboxylic acids is 2. The van der Waals surface area contributed by atoms with Gasteiger partial charge in [0.25, 0.3) is 0 Å². The van der Waals surface area contributed by atoms with E-state index in [0.29, 0.717) is 35.3 Å². The van der Waals surface area contributed by atoms with Crippen molar-refractivity contribution in [2.24, 2.45) is 0 Å². The lowest BCUT2D eigenvalue weighted by Gasteiger charge is -2.10. The van der Waals surface area contributed by atoms with E-state index in [-0.39, 0.29) is 19.0 Å². The minimum atomic E-state index is -0.833. The van der Waals surface area contributed by atoms with Crippen LogP contribution in [0.25, 0.3) is 11.1 Å². The first-order chi connectivity index (χ1) is 11.5. The van der Waals surface area contributed by atoms with Gasteiger partial charge in [0.05, 0.1) is 18.1 Å². The summed E-state index contributed by atoms with van der Waals surface area (Å²) in [5.41, 5.74) is 0.891. The fourth-order valence-corrected chi connectivity index (χ4v) is 2.77. The number of benzene rings is 1. The SMILES string of the molecule is CCOC(=O)CCCOc1c(F)cc(-c2csc(C=O)c2)cc1F. The second kappa shape index (κ2) is 8.54. The van der Waals surface area contributed by atoms with Gasteiger partial charge in [0.2, 0.25) is 0 Å². The number of hydrogen-bond donors (Lipinski definition) is 0. The van der Waals surface area contributed by atoms with Crippen LogP contribution in [-0.2, 0) is 9.53 Å². The molecule has 1 aromatic heterocycles. The van der Waals surface area contributed by atoms with Crippen LogP contribution in [0.15, 0.2) is 23.6 Å². The molecule has 0 radical (unpaired) electrons. The van der Waals surface area contributed by atoms with E-state index in [4.69, 9.17) is 9.47 Å². The summed E-state index contributed by atoms with van der Waals surface area (Å²) in [5.74, 6) is -2.52. The summed E-state index contributed by atoms with van der Waals surface area (Å²) in [4.78, 5) is 22.3. The molecule has 0 saturated carbocycles. The first-order valence-corrected chi connectivity index (χ1v) is 8.24. The first-order valence-electron chi connectivity index (χ1n) is 7.36. The molecule has 128 valence electrons. The zero-order valence-corrected chi connectivity index (χ0v) is 13.8. The molecule has 0 bridgehead atoms. The normalized spacial score (nSPS) is 10.5. The quantitative estimate of drug-likeness (QED) is 0.404. The van der Waals surface area contributed by atoms with Gasteiger partial charge in [-0.15, -0.1) is 11.3 Å². The minimum Gasteiger partial charge on any atom is -0.488 e. The highest BCUT2D eigenvalue weighted by Crippen LogP contribution is 2.31. The molecule has 0 aliphatic heterocycles. The average molecular weight is 354 g/mol. The van der Waals surface area contributed by atoms with Gasteiger partial charge in [-0.3, -0.25) is 9.59 Å². The van der Waals surface area contributed by atoms with E-state index in [1.54, 1.807) is 18.4 Å². The number of carbonyl (C=O) groups is 2. The van der Waals surface area contributed by atoms with Gasteiger partial charge in [-0.05, 0) is 48.1 Å². The molecule has 1 aromatic carbocycles. The maximum Gasteiger partial charge on any atom is 0.305 e. The van der Waals surface area contributed by atoms with Gasteiger partial charge in [-0.2, -0.15) is 0 Å². The molecule has 0 aliphatic rings. The molecule has 0 fully saturated rings. The zero-order chi connectivity index (χ0) is 17.5. The number of ether oxygens (including phenoxy) is 2. The fourth-order valence-electron chi connectivity index (χ4n) is 2.05.